The van der Waals surface area contributed by atoms with E-state index in [0.29, 0.717) is 23.8 Å². The molecule has 2 heterocycles. The van der Waals surface area contributed by atoms with Crippen molar-refractivity contribution in [3.63, 3.8) is 0 Å². The second-order valence-electron chi connectivity index (χ2n) is 7.40. The van der Waals surface area contributed by atoms with E-state index < -0.39 is 0 Å². The van der Waals surface area contributed by atoms with Gasteiger partial charge in [-0.15, -0.1) is 5.10 Å². The SMILES string of the molecule is C[C@@H]1CCN(C(=O)COc2nnc(-c3ccccc3)o2)[C@H]2CCCC[C@@H]12. The van der Waals surface area contributed by atoms with Crippen molar-refractivity contribution in [2.75, 3.05) is 13.2 Å². The third kappa shape index (κ3) is 3.45. The first kappa shape index (κ1) is 17.1. The highest BCUT2D eigenvalue weighted by atomic mass is 16.6. The molecule has 2 fully saturated rings. The minimum atomic E-state index is -0.0476. The van der Waals surface area contributed by atoms with Gasteiger partial charge in [-0.2, -0.15) is 0 Å². The molecule has 1 aliphatic carbocycles. The Balaban J connectivity index is 1.37. The molecule has 0 unspecified atom stereocenters. The second-order valence-corrected chi connectivity index (χ2v) is 7.40. The van der Waals surface area contributed by atoms with Crippen LogP contribution < -0.4 is 4.74 Å². The van der Waals surface area contributed by atoms with Crippen molar-refractivity contribution in [1.29, 1.82) is 0 Å². The number of carbonyl (C=O) groups excluding carboxylic acids is 1. The van der Waals surface area contributed by atoms with Gasteiger partial charge >= 0.3 is 6.08 Å². The molecule has 1 amide bonds. The van der Waals surface area contributed by atoms with Gasteiger partial charge in [0, 0.05) is 18.2 Å². The van der Waals surface area contributed by atoms with Crippen LogP contribution in [0.25, 0.3) is 11.5 Å². The largest absolute Gasteiger partial charge is 0.439 e. The van der Waals surface area contributed by atoms with Gasteiger partial charge in [-0.05, 0) is 43.2 Å². The van der Waals surface area contributed by atoms with Crippen molar-refractivity contribution in [2.24, 2.45) is 11.8 Å². The number of hydrogen-bond acceptors (Lipinski definition) is 5. The van der Waals surface area contributed by atoms with Crippen LogP contribution in [-0.4, -0.2) is 40.2 Å². The van der Waals surface area contributed by atoms with Gasteiger partial charge in [0.05, 0.1) is 0 Å². The monoisotopic (exact) mass is 355 g/mol. The Morgan fingerprint density at radius 3 is 2.85 bits per heavy atom. The van der Waals surface area contributed by atoms with Crippen LogP contribution in [0.15, 0.2) is 34.7 Å². The second kappa shape index (κ2) is 7.48. The van der Waals surface area contributed by atoms with Crippen molar-refractivity contribution in [2.45, 2.75) is 45.1 Å². The van der Waals surface area contributed by atoms with Crippen LogP contribution in [0, 0.1) is 11.8 Å². The van der Waals surface area contributed by atoms with Crippen LogP contribution in [0.3, 0.4) is 0 Å². The zero-order valence-electron chi connectivity index (χ0n) is 15.1. The van der Waals surface area contributed by atoms with E-state index in [1.54, 1.807) is 0 Å². The van der Waals surface area contributed by atoms with Crippen molar-refractivity contribution in [3.05, 3.63) is 30.3 Å². The standard InChI is InChI=1S/C20H25N3O3/c1-14-11-12-23(17-10-6-5-9-16(14)17)18(24)13-25-20-22-21-19(26-20)15-7-3-2-4-8-15/h2-4,7-8,14,16-17H,5-6,9-13H2,1H3/t14-,16+,17+/m1/s1. The molecule has 1 aliphatic heterocycles. The van der Waals surface area contributed by atoms with Gasteiger partial charge < -0.3 is 14.1 Å². The normalized spacial score (nSPS) is 25.6. The van der Waals surface area contributed by atoms with Crippen LogP contribution in [0.4, 0.5) is 0 Å². The highest BCUT2D eigenvalue weighted by Gasteiger charge is 2.39. The Morgan fingerprint density at radius 1 is 1.19 bits per heavy atom. The summed E-state index contributed by atoms with van der Waals surface area (Å²) in [7, 11) is 0. The number of piperidine rings is 1. The summed E-state index contributed by atoms with van der Waals surface area (Å²) < 4.78 is 11.0. The average Bonchev–Trinajstić information content (AvgIpc) is 3.16. The van der Waals surface area contributed by atoms with Crippen LogP contribution in [-0.2, 0) is 4.79 Å². The van der Waals surface area contributed by atoms with Gasteiger partial charge in [0.15, 0.2) is 6.61 Å². The molecule has 0 bridgehead atoms. The predicted octanol–water partition coefficient (Wildman–Crippen LogP) is 3.54. The Kier molecular flexibility index (Phi) is 4.91. The molecule has 1 saturated carbocycles. The van der Waals surface area contributed by atoms with Gasteiger partial charge in [-0.3, -0.25) is 4.79 Å². The number of likely N-dealkylation sites (tertiary alicyclic amines) is 1. The van der Waals surface area contributed by atoms with E-state index in [-0.39, 0.29) is 18.6 Å². The summed E-state index contributed by atoms with van der Waals surface area (Å²) in [5.41, 5.74) is 0.830. The minimum Gasteiger partial charge on any atom is -0.439 e. The number of nitrogens with zero attached hydrogens (tertiary/aromatic N) is 3. The average molecular weight is 355 g/mol. The molecule has 0 spiro atoms. The number of carbonyl (C=O) groups is 1. The zero-order chi connectivity index (χ0) is 17.9. The molecule has 0 radical (unpaired) electrons. The maximum Gasteiger partial charge on any atom is 0.415 e. The molecule has 26 heavy (non-hydrogen) atoms. The molecule has 6 nitrogen and oxygen atoms in total. The summed E-state index contributed by atoms with van der Waals surface area (Å²) in [6.45, 7) is 3.10. The Morgan fingerprint density at radius 2 is 2.00 bits per heavy atom. The van der Waals surface area contributed by atoms with Crippen molar-refractivity contribution < 1.29 is 13.9 Å². The molecule has 4 rings (SSSR count). The topological polar surface area (TPSA) is 68.5 Å². The quantitative estimate of drug-likeness (QED) is 0.839. The molecule has 1 saturated heterocycles. The highest BCUT2D eigenvalue weighted by molar-refractivity contribution is 5.78. The fourth-order valence-corrected chi connectivity index (χ4v) is 4.39. The van der Waals surface area contributed by atoms with Crippen LogP contribution in [0.2, 0.25) is 0 Å². The zero-order valence-corrected chi connectivity index (χ0v) is 15.1. The number of rotatable bonds is 4. The summed E-state index contributed by atoms with van der Waals surface area (Å²) in [5, 5.41) is 7.88. The van der Waals surface area contributed by atoms with E-state index in [1.807, 2.05) is 35.2 Å². The molecule has 6 heteroatoms. The molecule has 1 aromatic heterocycles. The van der Waals surface area contributed by atoms with E-state index >= 15 is 0 Å². The fraction of sp³-hybridized carbons (Fsp3) is 0.550. The predicted molar refractivity (Wildman–Crippen MR) is 96.5 cm³/mol. The lowest BCUT2D eigenvalue weighted by Gasteiger charge is -2.47. The van der Waals surface area contributed by atoms with E-state index in [2.05, 4.69) is 17.1 Å². The van der Waals surface area contributed by atoms with E-state index in [9.17, 15) is 4.79 Å². The van der Waals surface area contributed by atoms with E-state index in [4.69, 9.17) is 9.15 Å². The Bertz CT molecular complexity index is 746. The number of aromatic nitrogens is 2. The third-order valence-electron chi connectivity index (χ3n) is 5.80. The smallest absolute Gasteiger partial charge is 0.415 e. The summed E-state index contributed by atoms with van der Waals surface area (Å²) >= 11 is 0. The van der Waals surface area contributed by atoms with Crippen LogP contribution >= 0.6 is 0 Å². The first-order valence-electron chi connectivity index (χ1n) is 9.53. The van der Waals surface area contributed by atoms with E-state index in [0.717, 1.165) is 24.9 Å². The van der Waals surface area contributed by atoms with E-state index in [1.165, 1.54) is 19.3 Å². The number of amides is 1. The first-order valence-corrected chi connectivity index (χ1v) is 9.53. The Hall–Kier alpha value is -2.37. The summed E-state index contributed by atoms with van der Waals surface area (Å²) in [4.78, 5) is 14.7. The molecule has 3 atom stereocenters. The maximum atomic E-state index is 12.7. The maximum absolute atomic E-state index is 12.7. The molecule has 1 aromatic carbocycles. The third-order valence-corrected chi connectivity index (χ3v) is 5.80. The molecule has 0 N–H and O–H groups in total. The lowest BCUT2D eigenvalue weighted by Crippen LogP contribution is -2.53. The van der Waals surface area contributed by atoms with Crippen molar-refractivity contribution in [1.82, 2.24) is 15.1 Å². The number of hydrogen-bond donors (Lipinski definition) is 0. The van der Waals surface area contributed by atoms with Gasteiger partial charge in [0.25, 0.3) is 11.8 Å². The summed E-state index contributed by atoms with van der Waals surface area (Å²) in [6.07, 6.45) is 5.96. The van der Waals surface area contributed by atoms with Crippen LogP contribution in [0.5, 0.6) is 6.08 Å². The lowest BCUT2D eigenvalue weighted by molar-refractivity contribution is -0.141. The van der Waals surface area contributed by atoms with Gasteiger partial charge in [-0.1, -0.05) is 43.1 Å². The van der Waals surface area contributed by atoms with Gasteiger partial charge in [0.2, 0.25) is 0 Å². The first-order chi connectivity index (χ1) is 12.7. The summed E-state index contributed by atoms with van der Waals surface area (Å²) in [5.74, 6) is 1.75. The van der Waals surface area contributed by atoms with Crippen molar-refractivity contribution >= 4 is 5.91 Å². The molecule has 2 aliphatic rings. The van der Waals surface area contributed by atoms with Crippen LogP contribution in [0.1, 0.15) is 39.0 Å². The number of benzene rings is 1. The number of fused-ring (bicyclic) bond motifs is 1. The molecule has 2 aromatic rings. The Labute approximate surface area is 153 Å². The van der Waals surface area contributed by atoms with Crippen molar-refractivity contribution in [3.8, 4) is 17.5 Å². The van der Waals surface area contributed by atoms with Gasteiger partial charge in [0.1, 0.15) is 0 Å². The minimum absolute atomic E-state index is 0.0215. The van der Waals surface area contributed by atoms with Gasteiger partial charge in [-0.25, -0.2) is 0 Å². The highest BCUT2D eigenvalue weighted by Crippen LogP contribution is 2.38. The molecule has 138 valence electrons. The lowest BCUT2D eigenvalue weighted by atomic mass is 9.72. The molecular weight excluding hydrogens is 330 g/mol. The number of ether oxygens (including phenoxy) is 1. The summed E-state index contributed by atoms with van der Waals surface area (Å²) in [6, 6.07) is 9.88. The fourth-order valence-electron chi connectivity index (χ4n) is 4.39. The molecular formula is C20H25N3O3.